The van der Waals surface area contributed by atoms with Crippen LogP contribution in [0.1, 0.15) is 50.1 Å². The Balaban J connectivity index is 1.20. The average Bonchev–Trinajstić information content (AvgIpc) is 3.16. The zero-order chi connectivity index (χ0) is 36.0. The Morgan fingerprint density at radius 2 is 0.538 bits per heavy atom. The number of aryl methyl sites for hydroxylation is 3. The molecule has 0 fully saturated rings. The molecule has 0 aliphatic carbocycles. The molecular formula is C51H45N. The second kappa shape index (κ2) is 18.0. The molecule has 6 aromatic rings. The van der Waals surface area contributed by atoms with Crippen molar-refractivity contribution in [1.29, 1.82) is 0 Å². The van der Waals surface area contributed by atoms with E-state index in [-0.39, 0.29) is 0 Å². The predicted molar refractivity (Wildman–Crippen MR) is 229 cm³/mol. The summed E-state index contributed by atoms with van der Waals surface area (Å²) >= 11 is 0. The van der Waals surface area contributed by atoms with Gasteiger partial charge in [-0.1, -0.05) is 199 Å². The van der Waals surface area contributed by atoms with Crippen molar-refractivity contribution >= 4 is 53.5 Å². The van der Waals surface area contributed by atoms with E-state index in [0.717, 1.165) is 33.8 Å². The SMILES string of the molecule is Cc1cccc(/C=C/C=C/c2ccc(N(c3ccc(/C=C/C=C/c4cccc(C)c4)cc3)c3ccc(/C=C/C=C/c4cccc(C)c4)cc3)cc2)c1. The molecule has 0 N–H and O–H groups in total. The van der Waals surface area contributed by atoms with Crippen LogP contribution in [0.15, 0.2) is 182 Å². The number of nitrogens with zero attached hydrogens (tertiary/aromatic N) is 1. The van der Waals surface area contributed by atoms with E-state index in [0.29, 0.717) is 0 Å². The summed E-state index contributed by atoms with van der Waals surface area (Å²) in [7, 11) is 0. The van der Waals surface area contributed by atoms with E-state index in [1.807, 2.05) is 0 Å². The van der Waals surface area contributed by atoms with Gasteiger partial charge in [0.15, 0.2) is 0 Å². The van der Waals surface area contributed by atoms with Crippen molar-refractivity contribution in [3.8, 4) is 0 Å². The van der Waals surface area contributed by atoms with Crippen LogP contribution in [0.25, 0.3) is 36.5 Å². The minimum absolute atomic E-state index is 1.10. The van der Waals surface area contributed by atoms with Gasteiger partial charge in [-0.3, -0.25) is 0 Å². The third-order valence-electron chi connectivity index (χ3n) is 8.65. The maximum atomic E-state index is 2.31. The maximum Gasteiger partial charge on any atom is 0.0462 e. The highest BCUT2D eigenvalue weighted by Crippen LogP contribution is 2.35. The molecule has 0 saturated carbocycles. The number of allylic oxidation sites excluding steroid dienone is 6. The Bertz CT molecular complexity index is 1980. The van der Waals surface area contributed by atoms with Crippen molar-refractivity contribution in [3.63, 3.8) is 0 Å². The number of hydrogen-bond donors (Lipinski definition) is 0. The first-order valence-corrected chi connectivity index (χ1v) is 17.8. The number of benzene rings is 6. The van der Waals surface area contributed by atoms with E-state index in [1.165, 1.54) is 33.4 Å². The summed E-state index contributed by atoms with van der Waals surface area (Å²) < 4.78 is 0. The molecule has 1 heteroatoms. The zero-order valence-corrected chi connectivity index (χ0v) is 30.2. The molecule has 0 bridgehead atoms. The van der Waals surface area contributed by atoms with Gasteiger partial charge >= 0.3 is 0 Å². The molecule has 0 heterocycles. The molecule has 0 amide bonds. The van der Waals surface area contributed by atoms with Crippen LogP contribution >= 0.6 is 0 Å². The first-order valence-electron chi connectivity index (χ1n) is 17.8. The Hall–Kier alpha value is -6.44. The van der Waals surface area contributed by atoms with E-state index < -0.39 is 0 Å². The average molecular weight is 672 g/mol. The van der Waals surface area contributed by atoms with Gasteiger partial charge in [0, 0.05) is 17.1 Å². The second-order valence-electron chi connectivity index (χ2n) is 13.0. The third kappa shape index (κ3) is 10.5. The van der Waals surface area contributed by atoms with Crippen LogP contribution in [-0.4, -0.2) is 0 Å². The van der Waals surface area contributed by atoms with E-state index in [2.05, 4.69) is 244 Å². The van der Waals surface area contributed by atoms with Crippen LogP contribution in [-0.2, 0) is 0 Å². The van der Waals surface area contributed by atoms with E-state index in [9.17, 15) is 0 Å². The minimum Gasteiger partial charge on any atom is -0.311 e. The summed E-state index contributed by atoms with van der Waals surface area (Å²) in [6.45, 7) is 6.36. The van der Waals surface area contributed by atoms with Gasteiger partial charge in [-0.15, -0.1) is 0 Å². The molecule has 1 nitrogen and oxygen atoms in total. The summed E-state index contributed by atoms with van der Waals surface area (Å²) in [4.78, 5) is 2.31. The van der Waals surface area contributed by atoms with Crippen molar-refractivity contribution in [1.82, 2.24) is 0 Å². The largest absolute Gasteiger partial charge is 0.311 e. The minimum atomic E-state index is 1.10. The van der Waals surface area contributed by atoms with Crippen molar-refractivity contribution in [3.05, 3.63) is 232 Å². The highest BCUT2D eigenvalue weighted by Gasteiger charge is 2.12. The van der Waals surface area contributed by atoms with Gasteiger partial charge in [0.25, 0.3) is 0 Å². The summed E-state index contributed by atoms with van der Waals surface area (Å²) in [5.74, 6) is 0. The summed E-state index contributed by atoms with van der Waals surface area (Å²) in [5.41, 5.74) is 14.1. The third-order valence-corrected chi connectivity index (χ3v) is 8.65. The van der Waals surface area contributed by atoms with Gasteiger partial charge in [-0.05, 0) is 90.6 Å². The smallest absolute Gasteiger partial charge is 0.0462 e. The topological polar surface area (TPSA) is 3.24 Å². The standard InChI is InChI=1S/C51H45N/c1-40-13-10-22-46(37-40)19-7-4-16-43-25-31-49(32-26-43)52(50-33-27-44(28-34-50)17-5-8-20-47-23-11-14-41(2)38-47)51-35-29-45(30-36-51)18-6-9-21-48-24-12-15-42(3)39-48/h4-39H,1-3H3/b16-4+,17-5+,18-6+,19-7+,20-8+,21-9+. The van der Waals surface area contributed by atoms with Crippen molar-refractivity contribution in [2.24, 2.45) is 0 Å². The lowest BCUT2D eigenvalue weighted by atomic mass is 10.1. The predicted octanol–water partition coefficient (Wildman–Crippen LogP) is 14.3. The monoisotopic (exact) mass is 671 g/mol. The van der Waals surface area contributed by atoms with E-state index in [4.69, 9.17) is 0 Å². The Kier molecular flexibility index (Phi) is 12.2. The highest BCUT2D eigenvalue weighted by atomic mass is 15.1. The van der Waals surface area contributed by atoms with Crippen LogP contribution in [0, 0.1) is 20.8 Å². The lowest BCUT2D eigenvalue weighted by Crippen LogP contribution is -2.09. The van der Waals surface area contributed by atoms with Crippen molar-refractivity contribution < 1.29 is 0 Å². The molecule has 6 aromatic carbocycles. The fourth-order valence-corrected chi connectivity index (χ4v) is 5.97. The Morgan fingerprint density at radius 3 is 0.788 bits per heavy atom. The van der Waals surface area contributed by atoms with E-state index >= 15 is 0 Å². The summed E-state index contributed by atoms with van der Waals surface area (Å²) in [5, 5.41) is 0. The molecule has 0 aromatic heterocycles. The molecule has 0 aliphatic rings. The van der Waals surface area contributed by atoms with Crippen molar-refractivity contribution in [2.45, 2.75) is 20.8 Å². The fraction of sp³-hybridized carbons (Fsp3) is 0.0588. The number of anilines is 3. The highest BCUT2D eigenvalue weighted by molar-refractivity contribution is 5.78. The summed E-state index contributed by atoms with van der Waals surface area (Å²) in [6, 6.07) is 51.8. The molecule has 0 aliphatic heterocycles. The molecular weight excluding hydrogens is 627 g/mol. The lowest BCUT2D eigenvalue weighted by molar-refractivity contribution is 1.28. The van der Waals surface area contributed by atoms with Crippen molar-refractivity contribution in [2.75, 3.05) is 4.90 Å². The molecule has 0 unspecified atom stereocenters. The van der Waals surface area contributed by atoms with Gasteiger partial charge in [0.05, 0.1) is 0 Å². The zero-order valence-electron chi connectivity index (χ0n) is 30.2. The van der Waals surface area contributed by atoms with Crippen LogP contribution in [0.5, 0.6) is 0 Å². The van der Waals surface area contributed by atoms with Gasteiger partial charge in [-0.25, -0.2) is 0 Å². The van der Waals surface area contributed by atoms with Crippen LogP contribution in [0.2, 0.25) is 0 Å². The first kappa shape index (κ1) is 35.4. The first-order chi connectivity index (χ1) is 25.5. The molecule has 254 valence electrons. The quantitative estimate of drug-likeness (QED) is 0.117. The van der Waals surface area contributed by atoms with Gasteiger partial charge < -0.3 is 4.90 Å². The molecule has 6 rings (SSSR count). The normalized spacial score (nSPS) is 12.1. The molecule has 52 heavy (non-hydrogen) atoms. The van der Waals surface area contributed by atoms with Crippen LogP contribution in [0.3, 0.4) is 0 Å². The van der Waals surface area contributed by atoms with Crippen LogP contribution < -0.4 is 4.90 Å². The molecule has 0 spiro atoms. The Labute approximate surface area is 310 Å². The second-order valence-corrected chi connectivity index (χ2v) is 13.0. The fourth-order valence-electron chi connectivity index (χ4n) is 5.97. The van der Waals surface area contributed by atoms with Gasteiger partial charge in [0.1, 0.15) is 0 Å². The molecule has 0 atom stereocenters. The van der Waals surface area contributed by atoms with Gasteiger partial charge in [0.2, 0.25) is 0 Å². The number of rotatable bonds is 12. The Morgan fingerprint density at radius 1 is 0.288 bits per heavy atom. The maximum absolute atomic E-state index is 2.31. The molecule has 0 saturated heterocycles. The molecule has 0 radical (unpaired) electrons. The summed E-state index contributed by atoms with van der Waals surface area (Å²) in [6.07, 6.45) is 25.4. The van der Waals surface area contributed by atoms with E-state index in [1.54, 1.807) is 0 Å². The van der Waals surface area contributed by atoms with Gasteiger partial charge in [-0.2, -0.15) is 0 Å². The lowest BCUT2D eigenvalue weighted by Gasteiger charge is -2.26. The van der Waals surface area contributed by atoms with Crippen LogP contribution in [0.4, 0.5) is 17.1 Å². The number of hydrogen-bond acceptors (Lipinski definition) is 1.